The summed E-state index contributed by atoms with van der Waals surface area (Å²) in [7, 11) is 2.09. The normalized spacial score (nSPS) is 25.8. The lowest BCUT2D eigenvalue weighted by Crippen LogP contribution is -2.15. The Labute approximate surface area is 63.8 Å². The maximum Gasteiger partial charge on any atom is 0.0471 e. The molecule has 2 heteroatoms. The molecule has 0 aromatic heterocycles. The molecule has 62 valence electrons. The minimum Gasteiger partial charge on any atom is -0.396 e. The van der Waals surface area contributed by atoms with E-state index in [4.69, 9.17) is 5.11 Å². The van der Waals surface area contributed by atoms with Crippen molar-refractivity contribution in [3.05, 3.63) is 0 Å². The number of rotatable bonds is 1. The molecule has 1 N–H and O–H groups in total. The second-order valence-electron chi connectivity index (χ2n) is 2.60. The fourth-order valence-corrected chi connectivity index (χ4v) is 1.18. The fourth-order valence-electron chi connectivity index (χ4n) is 1.18. The minimum atomic E-state index is 0.365. The van der Waals surface area contributed by atoms with Gasteiger partial charge >= 0.3 is 0 Å². The maximum absolute atomic E-state index is 8.66. The largest absolute Gasteiger partial charge is 0.396 e. The van der Waals surface area contributed by atoms with Crippen molar-refractivity contribution < 1.29 is 5.11 Å². The van der Waals surface area contributed by atoms with Gasteiger partial charge in [0.05, 0.1) is 0 Å². The van der Waals surface area contributed by atoms with Gasteiger partial charge in [0.2, 0.25) is 0 Å². The van der Waals surface area contributed by atoms with Crippen molar-refractivity contribution in [3.8, 4) is 0 Å². The summed E-state index contributed by atoms with van der Waals surface area (Å²) in [6.45, 7) is 6.60. The van der Waals surface area contributed by atoms with Crippen molar-refractivity contribution in [3.63, 3.8) is 0 Å². The number of aliphatic hydroxyl groups excluding tert-OH is 1. The first-order valence-corrected chi connectivity index (χ1v) is 4.12. The van der Waals surface area contributed by atoms with E-state index in [-0.39, 0.29) is 0 Å². The molecular formula is C8H19NO. The van der Waals surface area contributed by atoms with E-state index in [1.165, 1.54) is 6.42 Å². The molecule has 1 saturated heterocycles. The summed E-state index contributed by atoms with van der Waals surface area (Å²) in [5.41, 5.74) is 0. The first-order chi connectivity index (χ1) is 4.83. The molecule has 1 aliphatic rings. The molecule has 1 aliphatic heterocycles. The Morgan fingerprint density at radius 3 is 2.30 bits per heavy atom. The fraction of sp³-hybridized carbons (Fsp3) is 1.00. The van der Waals surface area contributed by atoms with Crippen LogP contribution in [0.2, 0.25) is 0 Å². The lowest BCUT2D eigenvalue weighted by Gasteiger charge is -2.05. The monoisotopic (exact) mass is 145 g/mol. The molecule has 0 spiro atoms. The van der Waals surface area contributed by atoms with E-state index < -0.39 is 0 Å². The van der Waals surface area contributed by atoms with Crippen LogP contribution in [0.1, 0.15) is 20.3 Å². The summed E-state index contributed by atoms with van der Waals surface area (Å²) >= 11 is 0. The van der Waals surface area contributed by atoms with Gasteiger partial charge in [0.1, 0.15) is 0 Å². The Morgan fingerprint density at radius 2 is 2.10 bits per heavy atom. The Bertz CT molecular complexity index is 75.7. The van der Waals surface area contributed by atoms with Gasteiger partial charge in [-0.3, -0.25) is 0 Å². The zero-order chi connectivity index (χ0) is 7.98. The molecule has 10 heavy (non-hydrogen) atoms. The maximum atomic E-state index is 8.66. The van der Waals surface area contributed by atoms with Gasteiger partial charge in [-0.15, -0.1) is 0 Å². The first-order valence-electron chi connectivity index (χ1n) is 4.12. The molecule has 1 rings (SSSR count). The van der Waals surface area contributed by atoms with E-state index >= 15 is 0 Å². The van der Waals surface area contributed by atoms with Crippen LogP contribution in [0, 0.1) is 5.92 Å². The molecule has 0 saturated carbocycles. The minimum absolute atomic E-state index is 0.365. The zero-order valence-electron chi connectivity index (χ0n) is 7.30. The number of nitrogens with zero attached hydrogens (tertiary/aromatic N) is 1. The summed E-state index contributed by atoms with van der Waals surface area (Å²) in [5, 5.41) is 8.66. The van der Waals surface area contributed by atoms with E-state index in [1.54, 1.807) is 0 Å². The third-order valence-corrected chi connectivity index (χ3v) is 1.75. The Morgan fingerprint density at radius 1 is 1.50 bits per heavy atom. The van der Waals surface area contributed by atoms with Crippen molar-refractivity contribution in [2.24, 2.45) is 5.92 Å². The number of aliphatic hydroxyl groups is 1. The number of hydrogen-bond acceptors (Lipinski definition) is 2. The predicted molar refractivity (Wildman–Crippen MR) is 44.0 cm³/mol. The summed E-state index contributed by atoms with van der Waals surface area (Å²) in [6, 6.07) is 0. The van der Waals surface area contributed by atoms with Gasteiger partial charge < -0.3 is 10.0 Å². The molecule has 1 fully saturated rings. The van der Waals surface area contributed by atoms with E-state index in [9.17, 15) is 0 Å². The summed E-state index contributed by atoms with van der Waals surface area (Å²) in [4.78, 5) is 2.25. The lowest BCUT2D eigenvalue weighted by atomic mass is 10.1. The molecule has 2 nitrogen and oxygen atoms in total. The van der Waals surface area contributed by atoms with Crippen LogP contribution in [0.3, 0.4) is 0 Å². The van der Waals surface area contributed by atoms with Crippen molar-refractivity contribution >= 4 is 0 Å². The van der Waals surface area contributed by atoms with Gasteiger partial charge in [-0.1, -0.05) is 13.8 Å². The van der Waals surface area contributed by atoms with Crippen LogP contribution >= 0.6 is 0 Å². The number of likely N-dealkylation sites (tertiary alicyclic amines) is 1. The smallest absolute Gasteiger partial charge is 0.0471 e. The third kappa shape index (κ3) is 3.18. The van der Waals surface area contributed by atoms with E-state index in [1.807, 2.05) is 13.8 Å². The molecule has 0 aromatic carbocycles. The molecule has 0 bridgehead atoms. The standard InChI is InChI=1S/C6H13NO.C2H6/c1-7-3-2-6(4-7)5-8;1-2/h6,8H,2-5H2,1H3;1-2H3. The number of hydrogen-bond donors (Lipinski definition) is 1. The summed E-state index contributed by atoms with van der Waals surface area (Å²) in [6.07, 6.45) is 1.17. The average Bonchev–Trinajstić information content (AvgIpc) is 2.40. The van der Waals surface area contributed by atoms with E-state index in [0.717, 1.165) is 13.1 Å². The second kappa shape index (κ2) is 5.69. The molecule has 1 atom stereocenters. The predicted octanol–water partition coefficient (Wildman–Crippen LogP) is 0.957. The van der Waals surface area contributed by atoms with Crippen LogP contribution in [0.4, 0.5) is 0 Å². The quantitative estimate of drug-likeness (QED) is 0.594. The summed E-state index contributed by atoms with van der Waals surface area (Å²) < 4.78 is 0. The Hall–Kier alpha value is -0.0800. The Kier molecular flexibility index (Phi) is 5.64. The topological polar surface area (TPSA) is 23.5 Å². The van der Waals surface area contributed by atoms with Crippen molar-refractivity contribution in [2.75, 3.05) is 26.7 Å². The Balaban J connectivity index is 0.000000371. The first kappa shape index (κ1) is 9.92. The van der Waals surface area contributed by atoms with Crippen LogP contribution in [0.25, 0.3) is 0 Å². The highest BCUT2D eigenvalue weighted by molar-refractivity contribution is 4.71. The highest BCUT2D eigenvalue weighted by Gasteiger charge is 2.17. The molecule has 1 unspecified atom stereocenters. The molecule has 1 heterocycles. The molecular weight excluding hydrogens is 126 g/mol. The highest BCUT2D eigenvalue weighted by atomic mass is 16.3. The zero-order valence-corrected chi connectivity index (χ0v) is 7.30. The van der Waals surface area contributed by atoms with Gasteiger partial charge in [-0.2, -0.15) is 0 Å². The lowest BCUT2D eigenvalue weighted by molar-refractivity contribution is 0.228. The van der Waals surface area contributed by atoms with Crippen LogP contribution in [0.15, 0.2) is 0 Å². The molecule has 0 aromatic rings. The van der Waals surface area contributed by atoms with Gasteiger partial charge in [-0.25, -0.2) is 0 Å². The molecule has 0 aliphatic carbocycles. The molecule has 0 radical (unpaired) electrons. The van der Waals surface area contributed by atoms with Crippen molar-refractivity contribution in [1.82, 2.24) is 4.90 Å². The highest BCUT2D eigenvalue weighted by Crippen LogP contribution is 2.12. The van der Waals surface area contributed by atoms with Gasteiger partial charge in [0, 0.05) is 13.2 Å². The van der Waals surface area contributed by atoms with Gasteiger partial charge in [-0.05, 0) is 25.9 Å². The van der Waals surface area contributed by atoms with Crippen LogP contribution in [-0.2, 0) is 0 Å². The van der Waals surface area contributed by atoms with E-state index in [2.05, 4.69) is 11.9 Å². The van der Waals surface area contributed by atoms with Crippen LogP contribution in [-0.4, -0.2) is 36.8 Å². The summed E-state index contributed by atoms with van der Waals surface area (Å²) in [5.74, 6) is 0.556. The van der Waals surface area contributed by atoms with Gasteiger partial charge in [0.25, 0.3) is 0 Å². The SMILES string of the molecule is CC.CN1CCC(CO)C1. The third-order valence-electron chi connectivity index (χ3n) is 1.75. The van der Waals surface area contributed by atoms with Crippen molar-refractivity contribution in [2.45, 2.75) is 20.3 Å². The van der Waals surface area contributed by atoms with Crippen LogP contribution < -0.4 is 0 Å². The molecule has 0 amide bonds. The second-order valence-corrected chi connectivity index (χ2v) is 2.60. The van der Waals surface area contributed by atoms with Gasteiger partial charge in [0.15, 0.2) is 0 Å². The van der Waals surface area contributed by atoms with E-state index in [0.29, 0.717) is 12.5 Å². The average molecular weight is 145 g/mol. The van der Waals surface area contributed by atoms with Crippen molar-refractivity contribution in [1.29, 1.82) is 0 Å². The van der Waals surface area contributed by atoms with Crippen LogP contribution in [0.5, 0.6) is 0 Å².